The molecule has 25 heavy (non-hydrogen) atoms. The van der Waals surface area contributed by atoms with E-state index in [9.17, 15) is 18.5 Å². The third-order valence-electron chi connectivity index (χ3n) is 3.40. The van der Waals surface area contributed by atoms with E-state index in [2.05, 4.69) is 9.71 Å². The van der Waals surface area contributed by atoms with Crippen molar-refractivity contribution in [3.63, 3.8) is 0 Å². The largest absolute Gasteiger partial charge is 0.462 e. The number of thiazole rings is 1. The van der Waals surface area contributed by atoms with Crippen molar-refractivity contribution in [2.24, 2.45) is 0 Å². The van der Waals surface area contributed by atoms with Gasteiger partial charge >= 0.3 is 0 Å². The van der Waals surface area contributed by atoms with Crippen molar-refractivity contribution in [2.45, 2.75) is 18.4 Å². The van der Waals surface area contributed by atoms with Crippen LogP contribution >= 0.6 is 11.3 Å². The molecule has 0 aliphatic heterocycles. The highest BCUT2D eigenvalue weighted by Gasteiger charge is 2.25. The van der Waals surface area contributed by atoms with E-state index in [0.717, 1.165) is 6.07 Å². The maximum absolute atomic E-state index is 12.4. The Bertz CT molecular complexity index is 1010. The topological polar surface area (TPSA) is 115 Å². The Balaban J connectivity index is 1.83. The highest BCUT2D eigenvalue weighted by molar-refractivity contribution is 7.89. The zero-order valence-corrected chi connectivity index (χ0v) is 14.6. The van der Waals surface area contributed by atoms with E-state index in [1.165, 1.54) is 35.8 Å². The molecule has 0 aliphatic rings. The van der Waals surface area contributed by atoms with Gasteiger partial charge in [-0.1, -0.05) is 12.1 Å². The molecule has 0 fully saturated rings. The average molecular weight is 379 g/mol. The number of aromatic nitrogens is 1. The normalized spacial score (nSPS) is 11.6. The Kier molecular flexibility index (Phi) is 4.66. The maximum atomic E-state index is 12.4. The van der Waals surface area contributed by atoms with Gasteiger partial charge in [0.2, 0.25) is 10.0 Å². The summed E-state index contributed by atoms with van der Waals surface area (Å²) < 4.78 is 32.5. The lowest BCUT2D eigenvalue weighted by Gasteiger charge is -2.06. The van der Waals surface area contributed by atoms with Crippen molar-refractivity contribution in [3.8, 4) is 10.8 Å². The van der Waals surface area contributed by atoms with Gasteiger partial charge in [-0.2, -0.15) is 0 Å². The van der Waals surface area contributed by atoms with Crippen molar-refractivity contribution >= 4 is 27.0 Å². The standard InChI is InChI=1S/C15H13N3O5S2/c1-10-13(24-15(17-10)12-6-4-8-23-12)9-16-25(21,22)14-7-3-2-5-11(14)18(19)20/h2-8,16H,9H2,1H3. The number of benzene rings is 1. The van der Waals surface area contributed by atoms with E-state index in [-0.39, 0.29) is 11.4 Å². The first-order valence-electron chi connectivity index (χ1n) is 7.12. The first kappa shape index (κ1) is 17.3. The molecule has 2 heterocycles. The van der Waals surface area contributed by atoms with Crippen LogP contribution in [-0.2, 0) is 16.6 Å². The van der Waals surface area contributed by atoms with Crippen molar-refractivity contribution < 1.29 is 17.8 Å². The first-order chi connectivity index (χ1) is 11.9. The summed E-state index contributed by atoms with van der Waals surface area (Å²) in [6.45, 7) is 1.75. The van der Waals surface area contributed by atoms with Crippen LogP contribution in [0, 0.1) is 17.0 Å². The van der Waals surface area contributed by atoms with Gasteiger partial charge in [0.15, 0.2) is 15.7 Å². The minimum Gasteiger partial charge on any atom is -0.462 e. The number of aryl methyl sites for hydroxylation is 1. The summed E-state index contributed by atoms with van der Waals surface area (Å²) in [7, 11) is -4.03. The number of sulfonamides is 1. The van der Waals surface area contributed by atoms with Crippen molar-refractivity contribution in [2.75, 3.05) is 0 Å². The van der Waals surface area contributed by atoms with Gasteiger partial charge in [-0.05, 0) is 25.1 Å². The van der Waals surface area contributed by atoms with Gasteiger partial charge in [-0.3, -0.25) is 10.1 Å². The molecule has 0 radical (unpaired) electrons. The van der Waals surface area contributed by atoms with Crippen molar-refractivity contribution in [1.29, 1.82) is 0 Å². The fraction of sp³-hybridized carbons (Fsp3) is 0.133. The lowest BCUT2D eigenvalue weighted by atomic mass is 10.3. The molecule has 1 aromatic carbocycles. The van der Waals surface area contributed by atoms with Gasteiger partial charge in [-0.15, -0.1) is 11.3 Å². The number of nitrogens with zero attached hydrogens (tertiary/aromatic N) is 2. The number of para-hydroxylation sites is 1. The Hall–Kier alpha value is -2.56. The molecule has 2 aromatic heterocycles. The number of nitrogens with one attached hydrogen (secondary N) is 1. The highest BCUT2D eigenvalue weighted by atomic mass is 32.2. The molecule has 0 aliphatic carbocycles. The molecule has 0 unspecified atom stereocenters. The van der Waals surface area contributed by atoms with Crippen LogP contribution in [0.2, 0.25) is 0 Å². The smallest absolute Gasteiger partial charge is 0.289 e. The molecule has 0 spiro atoms. The summed E-state index contributed by atoms with van der Waals surface area (Å²) in [5.41, 5.74) is 0.203. The van der Waals surface area contributed by atoms with Crippen molar-refractivity contribution in [1.82, 2.24) is 9.71 Å². The Morgan fingerprint density at radius 3 is 2.72 bits per heavy atom. The van der Waals surface area contributed by atoms with Gasteiger partial charge in [0.25, 0.3) is 5.69 Å². The molecule has 3 aromatic rings. The molecule has 130 valence electrons. The molecule has 0 bridgehead atoms. The SMILES string of the molecule is Cc1nc(-c2ccco2)sc1CNS(=O)(=O)c1ccccc1[N+](=O)[O-]. The number of nitro benzene ring substituents is 1. The minimum absolute atomic E-state index is 0.0153. The number of nitro groups is 1. The average Bonchev–Trinajstić information content (AvgIpc) is 3.22. The first-order valence-corrected chi connectivity index (χ1v) is 9.42. The quantitative estimate of drug-likeness (QED) is 0.520. The third kappa shape index (κ3) is 3.60. The fourth-order valence-corrected chi connectivity index (χ4v) is 4.40. The van der Waals surface area contributed by atoms with Crippen LogP contribution in [0.1, 0.15) is 10.6 Å². The summed E-state index contributed by atoms with van der Waals surface area (Å²) in [4.78, 5) is 15.0. The number of hydrogen-bond acceptors (Lipinski definition) is 7. The number of furan rings is 1. The van der Waals surface area contributed by atoms with Crippen LogP contribution in [0.4, 0.5) is 5.69 Å². The molecular weight excluding hydrogens is 366 g/mol. The molecule has 3 rings (SSSR count). The summed E-state index contributed by atoms with van der Waals surface area (Å²) >= 11 is 1.30. The van der Waals surface area contributed by atoms with E-state index in [4.69, 9.17) is 4.42 Å². The second kappa shape index (κ2) is 6.75. The maximum Gasteiger partial charge on any atom is 0.289 e. The van der Waals surface area contributed by atoms with Gasteiger partial charge in [-0.25, -0.2) is 18.1 Å². The number of rotatable bonds is 6. The van der Waals surface area contributed by atoms with E-state index in [1.54, 1.807) is 19.1 Å². The Morgan fingerprint density at radius 1 is 1.28 bits per heavy atom. The molecule has 0 saturated heterocycles. The van der Waals surface area contributed by atoms with Gasteiger partial charge in [0, 0.05) is 17.5 Å². The van der Waals surface area contributed by atoms with Crippen LogP contribution in [0.15, 0.2) is 52.0 Å². The van der Waals surface area contributed by atoms with Crippen LogP contribution in [0.5, 0.6) is 0 Å². The molecule has 1 N–H and O–H groups in total. The van der Waals surface area contributed by atoms with E-state index in [1.807, 2.05) is 0 Å². The molecule has 10 heteroatoms. The predicted octanol–water partition coefficient (Wildman–Crippen LogP) is 3.10. The number of hydrogen-bond donors (Lipinski definition) is 1. The zero-order chi connectivity index (χ0) is 18.0. The van der Waals surface area contributed by atoms with Gasteiger partial charge in [0.05, 0.1) is 16.9 Å². The summed E-state index contributed by atoms with van der Waals surface area (Å²) in [5.74, 6) is 0.598. The molecule has 0 amide bonds. The molecule has 0 atom stereocenters. The van der Waals surface area contributed by atoms with Crippen LogP contribution < -0.4 is 4.72 Å². The summed E-state index contributed by atoms with van der Waals surface area (Å²) in [5, 5.41) is 11.7. The van der Waals surface area contributed by atoms with E-state index >= 15 is 0 Å². The summed E-state index contributed by atoms with van der Waals surface area (Å²) in [6.07, 6.45) is 1.53. The van der Waals surface area contributed by atoms with Crippen LogP contribution in [0.3, 0.4) is 0 Å². The predicted molar refractivity (Wildman–Crippen MR) is 91.7 cm³/mol. The minimum atomic E-state index is -4.03. The second-order valence-electron chi connectivity index (χ2n) is 5.05. The fourth-order valence-electron chi connectivity index (χ4n) is 2.17. The second-order valence-corrected chi connectivity index (χ2v) is 7.87. The molecular formula is C15H13N3O5S2. The van der Waals surface area contributed by atoms with Crippen molar-refractivity contribution in [3.05, 3.63) is 63.3 Å². The highest BCUT2D eigenvalue weighted by Crippen LogP contribution is 2.29. The lowest BCUT2D eigenvalue weighted by Crippen LogP contribution is -2.24. The van der Waals surface area contributed by atoms with Gasteiger partial charge < -0.3 is 4.42 Å². The van der Waals surface area contributed by atoms with E-state index < -0.39 is 20.6 Å². The van der Waals surface area contributed by atoms with Crippen LogP contribution in [-0.4, -0.2) is 18.3 Å². The van der Waals surface area contributed by atoms with Crippen LogP contribution in [0.25, 0.3) is 10.8 Å². The third-order valence-corrected chi connectivity index (χ3v) is 6.02. The monoisotopic (exact) mass is 379 g/mol. The summed E-state index contributed by atoms with van der Waals surface area (Å²) in [6, 6.07) is 8.72. The molecule has 8 nitrogen and oxygen atoms in total. The van der Waals surface area contributed by atoms with Gasteiger partial charge in [0.1, 0.15) is 0 Å². The zero-order valence-electron chi connectivity index (χ0n) is 13.0. The Morgan fingerprint density at radius 2 is 2.04 bits per heavy atom. The molecule has 0 saturated carbocycles. The Labute approximate surface area is 147 Å². The lowest BCUT2D eigenvalue weighted by molar-refractivity contribution is -0.387. The van der Waals surface area contributed by atoms with E-state index in [0.29, 0.717) is 21.3 Å².